The quantitative estimate of drug-likeness (QED) is 0.495. The highest BCUT2D eigenvalue weighted by atomic mass is 19.4. The molecule has 3 aromatic rings. The minimum absolute atomic E-state index is 0.336. The maximum Gasteiger partial charge on any atom is 0.417 e. The highest BCUT2D eigenvalue weighted by Gasteiger charge is 2.31. The number of pyridine rings is 1. The van der Waals surface area contributed by atoms with Gasteiger partial charge in [-0.3, -0.25) is 14.4 Å². The Labute approximate surface area is 157 Å². The van der Waals surface area contributed by atoms with Gasteiger partial charge in [-0.15, -0.1) is 0 Å². The number of aromatic nitrogens is 1. The molecule has 2 aromatic carbocycles. The normalized spacial score (nSPS) is 11.4. The van der Waals surface area contributed by atoms with Gasteiger partial charge >= 0.3 is 12.1 Å². The summed E-state index contributed by atoms with van der Waals surface area (Å²) in [5.41, 5.74) is -1.51. The number of nitrogens with zero attached hydrogens (tertiary/aromatic N) is 1. The lowest BCUT2D eigenvalue weighted by Crippen LogP contribution is -2.27. The Morgan fingerprint density at radius 1 is 0.964 bits per heavy atom. The number of hydrogen-bond acceptors (Lipinski definition) is 4. The number of hydrogen-bond donors (Lipinski definition) is 0. The lowest BCUT2D eigenvalue weighted by molar-refractivity contribution is -0.144. The average Bonchev–Trinajstić information content (AvgIpc) is 2.66. The first kappa shape index (κ1) is 19.3. The fraction of sp³-hybridized carbons (Fsp3) is 0.150. The molecule has 0 saturated heterocycles. The number of esters is 1. The highest BCUT2D eigenvalue weighted by Crippen LogP contribution is 2.28. The standard InChI is InChI=1S/C20H14F3NO4/c21-20(22,23)16-7-8-18(26)24(10-16)11-19(27)28-12-17(25)15-6-5-13-3-1-2-4-14(13)9-15/h1-10H,11-12H2. The van der Waals surface area contributed by atoms with Crippen molar-refractivity contribution >= 4 is 22.5 Å². The van der Waals surface area contributed by atoms with Crippen LogP contribution in [0.15, 0.2) is 65.6 Å². The molecule has 8 heteroatoms. The van der Waals surface area contributed by atoms with Gasteiger partial charge < -0.3 is 9.30 Å². The van der Waals surface area contributed by atoms with Gasteiger partial charge in [-0.1, -0.05) is 36.4 Å². The monoisotopic (exact) mass is 389 g/mol. The van der Waals surface area contributed by atoms with Crippen molar-refractivity contribution in [3.63, 3.8) is 0 Å². The predicted molar refractivity (Wildman–Crippen MR) is 94.9 cm³/mol. The van der Waals surface area contributed by atoms with Gasteiger partial charge in [0.2, 0.25) is 0 Å². The Kier molecular flexibility index (Phi) is 5.30. The van der Waals surface area contributed by atoms with E-state index in [1.54, 1.807) is 18.2 Å². The molecular weight excluding hydrogens is 375 g/mol. The largest absolute Gasteiger partial charge is 0.456 e. The number of carbonyl (C=O) groups excluding carboxylic acids is 2. The van der Waals surface area contributed by atoms with Gasteiger partial charge in [-0.25, -0.2) is 0 Å². The fourth-order valence-electron chi connectivity index (χ4n) is 2.60. The summed E-state index contributed by atoms with van der Waals surface area (Å²) in [6, 6.07) is 13.8. The Morgan fingerprint density at radius 2 is 1.68 bits per heavy atom. The highest BCUT2D eigenvalue weighted by molar-refractivity contribution is 6.01. The maximum atomic E-state index is 12.7. The van der Waals surface area contributed by atoms with E-state index in [1.165, 1.54) is 0 Å². The second-order valence-electron chi connectivity index (χ2n) is 6.03. The Hall–Kier alpha value is -3.42. The van der Waals surface area contributed by atoms with Crippen molar-refractivity contribution in [2.75, 3.05) is 6.61 Å². The number of ketones is 1. The van der Waals surface area contributed by atoms with Crippen LogP contribution in [0.3, 0.4) is 0 Å². The van der Waals surface area contributed by atoms with E-state index in [0.29, 0.717) is 22.4 Å². The zero-order chi connectivity index (χ0) is 20.3. The second kappa shape index (κ2) is 7.67. The van der Waals surface area contributed by atoms with Gasteiger partial charge in [0, 0.05) is 17.8 Å². The van der Waals surface area contributed by atoms with Crippen molar-refractivity contribution in [1.82, 2.24) is 4.57 Å². The van der Waals surface area contributed by atoms with Gasteiger partial charge in [0.05, 0.1) is 5.56 Å². The number of ether oxygens (including phenoxy) is 1. The van der Waals surface area contributed by atoms with Crippen LogP contribution in [0.2, 0.25) is 0 Å². The van der Waals surface area contributed by atoms with E-state index in [2.05, 4.69) is 0 Å². The number of alkyl halides is 3. The topological polar surface area (TPSA) is 65.4 Å². The van der Waals surface area contributed by atoms with Crippen molar-refractivity contribution in [3.05, 3.63) is 82.3 Å². The van der Waals surface area contributed by atoms with Gasteiger partial charge in [0.25, 0.3) is 5.56 Å². The van der Waals surface area contributed by atoms with Gasteiger partial charge in [0.1, 0.15) is 6.54 Å². The summed E-state index contributed by atoms with van der Waals surface area (Å²) in [5, 5.41) is 1.79. The van der Waals surface area contributed by atoms with Crippen LogP contribution in [0, 0.1) is 0 Å². The molecule has 0 fully saturated rings. The van der Waals surface area contributed by atoms with Gasteiger partial charge in [-0.2, -0.15) is 13.2 Å². The van der Waals surface area contributed by atoms with E-state index in [4.69, 9.17) is 4.74 Å². The number of rotatable bonds is 5. The van der Waals surface area contributed by atoms with E-state index in [0.717, 1.165) is 16.8 Å². The summed E-state index contributed by atoms with van der Waals surface area (Å²) in [5.74, 6) is -1.45. The molecule has 1 aromatic heterocycles. The van der Waals surface area contributed by atoms with E-state index in [9.17, 15) is 27.6 Å². The van der Waals surface area contributed by atoms with Crippen molar-refractivity contribution in [2.45, 2.75) is 12.7 Å². The smallest absolute Gasteiger partial charge is 0.417 e. The van der Waals surface area contributed by atoms with Crippen LogP contribution in [0.25, 0.3) is 10.8 Å². The molecule has 0 saturated carbocycles. The van der Waals surface area contributed by atoms with Gasteiger partial charge in [0.15, 0.2) is 12.4 Å². The third-order valence-corrected chi connectivity index (χ3v) is 4.05. The van der Waals surface area contributed by atoms with Crippen molar-refractivity contribution in [3.8, 4) is 0 Å². The lowest BCUT2D eigenvalue weighted by Gasteiger charge is -2.10. The number of carbonyl (C=O) groups is 2. The molecule has 144 valence electrons. The van der Waals surface area contributed by atoms with Gasteiger partial charge in [-0.05, 0) is 22.9 Å². The summed E-state index contributed by atoms with van der Waals surface area (Å²) < 4.78 is 43.6. The first-order valence-corrected chi connectivity index (χ1v) is 8.19. The van der Waals surface area contributed by atoms with Crippen LogP contribution < -0.4 is 5.56 Å². The maximum absolute atomic E-state index is 12.7. The molecule has 0 aliphatic heterocycles. The SMILES string of the molecule is O=C(Cn1cc(C(F)(F)F)ccc1=O)OCC(=O)c1ccc2ccccc2c1. The molecule has 0 atom stereocenters. The molecule has 0 bridgehead atoms. The minimum atomic E-state index is -4.65. The van der Waals surface area contributed by atoms with Crippen LogP contribution in [-0.2, 0) is 22.3 Å². The first-order valence-electron chi connectivity index (χ1n) is 8.19. The van der Waals surface area contributed by atoms with Crippen LogP contribution in [0.5, 0.6) is 0 Å². The van der Waals surface area contributed by atoms with E-state index in [-0.39, 0.29) is 0 Å². The van der Waals surface area contributed by atoms with Crippen LogP contribution >= 0.6 is 0 Å². The number of halogens is 3. The molecule has 28 heavy (non-hydrogen) atoms. The Bertz CT molecular complexity index is 1100. The van der Waals surface area contributed by atoms with E-state index in [1.807, 2.05) is 24.3 Å². The van der Waals surface area contributed by atoms with Crippen LogP contribution in [0.4, 0.5) is 13.2 Å². The number of fused-ring (bicyclic) bond motifs is 1. The Morgan fingerprint density at radius 3 is 2.39 bits per heavy atom. The zero-order valence-corrected chi connectivity index (χ0v) is 14.4. The summed E-state index contributed by atoms with van der Waals surface area (Å²) in [6.07, 6.45) is -4.11. The molecule has 0 aliphatic carbocycles. The number of benzene rings is 2. The minimum Gasteiger partial charge on any atom is -0.456 e. The van der Waals surface area contributed by atoms with Crippen molar-refractivity contribution in [2.24, 2.45) is 0 Å². The summed E-state index contributed by atoms with van der Waals surface area (Å²) in [6.45, 7) is -1.31. The molecule has 0 radical (unpaired) electrons. The van der Waals surface area contributed by atoms with Crippen molar-refractivity contribution < 1.29 is 27.5 Å². The molecule has 0 spiro atoms. The lowest BCUT2D eigenvalue weighted by atomic mass is 10.0. The fourth-order valence-corrected chi connectivity index (χ4v) is 2.60. The van der Waals surface area contributed by atoms with E-state index < -0.39 is 42.2 Å². The molecule has 5 nitrogen and oxygen atoms in total. The summed E-state index contributed by atoms with van der Waals surface area (Å²) >= 11 is 0. The van der Waals surface area contributed by atoms with Crippen LogP contribution in [0.1, 0.15) is 15.9 Å². The second-order valence-corrected chi connectivity index (χ2v) is 6.03. The predicted octanol–water partition coefficient (Wildman–Crippen LogP) is 3.45. The zero-order valence-electron chi connectivity index (χ0n) is 14.4. The van der Waals surface area contributed by atoms with Crippen LogP contribution in [-0.4, -0.2) is 22.9 Å². The molecule has 0 amide bonds. The number of Topliss-reactive ketones (excluding diaryl/α,β-unsaturated/α-hetero) is 1. The van der Waals surface area contributed by atoms with E-state index >= 15 is 0 Å². The molecular formula is C20H14F3NO4. The summed E-state index contributed by atoms with van der Waals surface area (Å²) in [4.78, 5) is 35.7. The third kappa shape index (κ3) is 4.46. The summed E-state index contributed by atoms with van der Waals surface area (Å²) in [7, 11) is 0. The molecule has 3 rings (SSSR count). The molecule has 0 unspecified atom stereocenters. The average molecular weight is 389 g/mol. The Balaban J connectivity index is 1.65. The third-order valence-electron chi connectivity index (χ3n) is 4.05. The first-order chi connectivity index (χ1) is 13.2. The molecule has 0 aliphatic rings. The van der Waals surface area contributed by atoms with Crippen molar-refractivity contribution in [1.29, 1.82) is 0 Å². The molecule has 1 heterocycles. The molecule has 0 N–H and O–H groups in total.